The summed E-state index contributed by atoms with van der Waals surface area (Å²) in [6.45, 7) is 18.5. The third-order valence-electron chi connectivity index (χ3n) is 9.50. The normalized spacial score (nSPS) is 14.1. The number of ether oxygens (including phenoxy) is 3. The zero-order valence-electron chi connectivity index (χ0n) is 33.9. The maximum absolute atomic E-state index is 9.65. The molecule has 1 aliphatic heterocycles. The van der Waals surface area contributed by atoms with E-state index in [9.17, 15) is 5.11 Å². The number of fused-ring (bicyclic) bond motifs is 1. The zero-order chi connectivity index (χ0) is 40.8. The predicted octanol–water partition coefficient (Wildman–Crippen LogP) is 10.9. The van der Waals surface area contributed by atoms with Crippen LogP contribution in [0.15, 0.2) is 114 Å². The highest BCUT2D eigenvalue weighted by Crippen LogP contribution is 2.38. The van der Waals surface area contributed by atoms with Gasteiger partial charge in [-0.3, -0.25) is 0 Å². The van der Waals surface area contributed by atoms with Crippen molar-refractivity contribution in [2.75, 3.05) is 25.1 Å². The molecule has 1 saturated heterocycles. The molecule has 300 valence electrons. The third kappa shape index (κ3) is 12.7. The van der Waals surface area contributed by atoms with Crippen LogP contribution in [0.25, 0.3) is 20.7 Å². The number of phenols is 1. The molecule has 0 amide bonds. The van der Waals surface area contributed by atoms with Crippen LogP contribution in [0.2, 0.25) is 0 Å². The van der Waals surface area contributed by atoms with Crippen LogP contribution in [0.4, 0.5) is 11.5 Å². The molecule has 9 nitrogen and oxygen atoms in total. The summed E-state index contributed by atoms with van der Waals surface area (Å²) in [5.74, 6) is 0.944. The minimum Gasteiger partial charge on any atom is -0.508 e. The van der Waals surface area contributed by atoms with Crippen LogP contribution >= 0.6 is 27.3 Å². The SMILES string of the molecule is CCOCc1ccc(-c2cc3ncnc(Nc4cccc(O)c4)c3s2)cc1.CCOCc1ccc(B2OC(C)(C)C(C)(C)O2)cc1.CCOCc1ccc(Br)cc1. The second-order valence-corrected chi connectivity index (χ2v) is 16.3. The van der Waals surface area contributed by atoms with E-state index in [2.05, 4.69) is 126 Å². The van der Waals surface area contributed by atoms with Gasteiger partial charge < -0.3 is 33.9 Å². The molecule has 4 aromatic carbocycles. The Morgan fingerprint density at radius 2 is 1.23 bits per heavy atom. The Labute approximate surface area is 350 Å². The molecule has 0 aliphatic carbocycles. The molecular formula is C45H53BBrN3O6S. The molecule has 0 radical (unpaired) electrons. The molecule has 2 N–H and O–H groups in total. The molecule has 7 rings (SSSR count). The summed E-state index contributed by atoms with van der Waals surface area (Å²) >= 11 is 5.02. The largest absolute Gasteiger partial charge is 0.508 e. The molecule has 0 bridgehead atoms. The molecule has 0 saturated carbocycles. The zero-order valence-corrected chi connectivity index (χ0v) is 36.3. The van der Waals surface area contributed by atoms with Gasteiger partial charge in [-0.2, -0.15) is 0 Å². The summed E-state index contributed by atoms with van der Waals surface area (Å²) < 4.78 is 30.2. The van der Waals surface area contributed by atoms with Gasteiger partial charge in [0, 0.05) is 40.9 Å². The maximum Gasteiger partial charge on any atom is 0.494 e. The van der Waals surface area contributed by atoms with E-state index in [1.807, 2.05) is 39.0 Å². The van der Waals surface area contributed by atoms with Crippen LogP contribution in [0, 0.1) is 0 Å². The van der Waals surface area contributed by atoms with Crippen molar-refractivity contribution in [1.29, 1.82) is 0 Å². The molecule has 0 atom stereocenters. The van der Waals surface area contributed by atoms with E-state index in [4.69, 9.17) is 23.5 Å². The Kier molecular flexibility index (Phi) is 16.2. The van der Waals surface area contributed by atoms with Gasteiger partial charge in [-0.05, 0) is 107 Å². The number of phenolic OH excluding ortho intramolecular Hbond substituents is 1. The van der Waals surface area contributed by atoms with Crippen molar-refractivity contribution in [3.05, 3.63) is 131 Å². The number of aromatic nitrogens is 2. The number of aromatic hydroxyl groups is 1. The van der Waals surface area contributed by atoms with E-state index >= 15 is 0 Å². The van der Waals surface area contributed by atoms with Crippen molar-refractivity contribution in [2.45, 2.75) is 79.5 Å². The second kappa shape index (κ2) is 21.0. The minimum atomic E-state index is -0.290. The van der Waals surface area contributed by atoms with E-state index in [0.717, 1.165) is 60.9 Å². The average Bonchev–Trinajstić information content (AvgIpc) is 3.74. The number of halogens is 1. The Bertz CT molecular complexity index is 2110. The number of anilines is 2. The van der Waals surface area contributed by atoms with Crippen molar-refractivity contribution in [3.8, 4) is 16.2 Å². The van der Waals surface area contributed by atoms with Crippen molar-refractivity contribution >= 4 is 61.6 Å². The van der Waals surface area contributed by atoms with E-state index in [1.54, 1.807) is 35.9 Å². The number of nitrogens with zero attached hydrogens (tertiary/aromatic N) is 2. The first-order chi connectivity index (χ1) is 27.4. The van der Waals surface area contributed by atoms with Crippen LogP contribution in [0.1, 0.15) is 65.2 Å². The van der Waals surface area contributed by atoms with Gasteiger partial charge >= 0.3 is 7.12 Å². The highest BCUT2D eigenvalue weighted by atomic mass is 79.9. The van der Waals surface area contributed by atoms with Gasteiger partial charge in [-0.25, -0.2) is 9.97 Å². The molecule has 0 unspecified atom stereocenters. The first-order valence-electron chi connectivity index (χ1n) is 19.2. The Hall–Kier alpha value is -4.14. The fourth-order valence-corrected chi connectivity index (χ4v) is 6.89. The molecule has 1 aliphatic rings. The van der Waals surface area contributed by atoms with Crippen LogP contribution in [-0.2, 0) is 43.3 Å². The van der Waals surface area contributed by atoms with Gasteiger partial charge in [-0.15, -0.1) is 11.3 Å². The first kappa shape index (κ1) is 44.0. The quantitative estimate of drug-likeness (QED) is 0.110. The van der Waals surface area contributed by atoms with Gasteiger partial charge in [0.2, 0.25) is 0 Å². The molecule has 1 fully saturated rings. The predicted molar refractivity (Wildman–Crippen MR) is 237 cm³/mol. The molecular weight excluding hydrogens is 801 g/mol. The fourth-order valence-electron chi connectivity index (χ4n) is 5.56. The van der Waals surface area contributed by atoms with Crippen LogP contribution in [0.3, 0.4) is 0 Å². The summed E-state index contributed by atoms with van der Waals surface area (Å²) in [4.78, 5) is 9.90. The maximum atomic E-state index is 9.65. The van der Waals surface area contributed by atoms with Gasteiger partial charge in [0.1, 0.15) is 12.1 Å². The molecule has 2 aromatic heterocycles. The second-order valence-electron chi connectivity index (χ2n) is 14.3. The number of hydrogen-bond donors (Lipinski definition) is 2. The van der Waals surface area contributed by atoms with Crippen molar-refractivity contribution in [2.24, 2.45) is 0 Å². The van der Waals surface area contributed by atoms with Gasteiger partial charge in [0.25, 0.3) is 0 Å². The fraction of sp³-hybridized carbons (Fsp3) is 0.333. The Balaban J connectivity index is 0.000000179. The highest BCUT2D eigenvalue weighted by molar-refractivity contribution is 9.10. The van der Waals surface area contributed by atoms with Crippen LogP contribution in [-0.4, -0.2) is 53.2 Å². The van der Waals surface area contributed by atoms with Crippen LogP contribution < -0.4 is 10.8 Å². The lowest BCUT2D eigenvalue weighted by Gasteiger charge is -2.32. The van der Waals surface area contributed by atoms with E-state index in [0.29, 0.717) is 26.4 Å². The Morgan fingerprint density at radius 3 is 1.75 bits per heavy atom. The number of hydrogen-bond acceptors (Lipinski definition) is 10. The summed E-state index contributed by atoms with van der Waals surface area (Å²) in [5, 5.41) is 12.9. The molecule has 0 spiro atoms. The van der Waals surface area contributed by atoms with E-state index < -0.39 is 0 Å². The molecule has 12 heteroatoms. The standard InChI is InChI=1S/C21H19N3O2S.C15H23BO3.C9H11BrO/c1-2-26-12-14-6-8-15(9-7-14)19-11-18-20(27-19)21(23-13-22-18)24-16-4-3-5-17(25)10-16;1-6-17-11-12-7-9-13(10-8-12)16-18-14(2,3)15(4,5)19-16;1-2-11-7-8-3-5-9(10)6-4-8/h3-11,13,25H,2,12H2,1H3,(H,22,23,24);7-10H,6,11H2,1-5H3;3-6H,2,7H2,1H3. The van der Waals surface area contributed by atoms with Gasteiger partial charge in [-0.1, -0.05) is 82.7 Å². The van der Waals surface area contributed by atoms with Crippen molar-refractivity contribution in [1.82, 2.24) is 9.97 Å². The summed E-state index contributed by atoms with van der Waals surface area (Å²) in [5.41, 5.74) is 6.84. The minimum absolute atomic E-state index is 0.212. The van der Waals surface area contributed by atoms with Crippen molar-refractivity contribution in [3.63, 3.8) is 0 Å². The molecule has 6 aromatic rings. The van der Waals surface area contributed by atoms with E-state index in [1.165, 1.54) is 11.1 Å². The monoisotopic (exact) mass is 853 g/mol. The first-order valence-corrected chi connectivity index (χ1v) is 20.8. The summed E-state index contributed by atoms with van der Waals surface area (Å²) in [7, 11) is -0.286. The van der Waals surface area contributed by atoms with Crippen molar-refractivity contribution < 1.29 is 28.6 Å². The number of rotatable bonds is 13. The lowest BCUT2D eigenvalue weighted by Crippen LogP contribution is -2.41. The highest BCUT2D eigenvalue weighted by Gasteiger charge is 2.51. The lowest BCUT2D eigenvalue weighted by atomic mass is 9.79. The topological polar surface area (TPSA) is 104 Å². The number of thiophene rings is 1. The van der Waals surface area contributed by atoms with Gasteiger partial charge in [0.05, 0.1) is 41.2 Å². The van der Waals surface area contributed by atoms with Gasteiger partial charge in [0.15, 0.2) is 5.82 Å². The Morgan fingerprint density at radius 1 is 0.702 bits per heavy atom. The summed E-state index contributed by atoms with van der Waals surface area (Å²) in [6.07, 6.45) is 1.55. The lowest BCUT2D eigenvalue weighted by molar-refractivity contribution is 0.00578. The van der Waals surface area contributed by atoms with Crippen LogP contribution in [0.5, 0.6) is 5.75 Å². The number of nitrogens with one attached hydrogen (secondary N) is 1. The number of benzene rings is 4. The van der Waals surface area contributed by atoms with E-state index in [-0.39, 0.29) is 24.1 Å². The summed E-state index contributed by atoms with van der Waals surface area (Å²) in [6, 6.07) is 33.8. The molecule has 57 heavy (non-hydrogen) atoms. The average molecular weight is 855 g/mol. The smallest absolute Gasteiger partial charge is 0.494 e. The molecule has 3 heterocycles. The third-order valence-corrected chi connectivity index (χ3v) is 11.2.